The topological polar surface area (TPSA) is 42.0 Å². The number of pyridine rings is 1. The Balaban J connectivity index is 1.89. The summed E-state index contributed by atoms with van der Waals surface area (Å²) in [5, 5.41) is 3.24. The van der Waals surface area contributed by atoms with Crippen molar-refractivity contribution in [2.45, 2.75) is 19.4 Å². The molecule has 0 saturated carbocycles. The van der Waals surface area contributed by atoms with Gasteiger partial charge in [0, 0.05) is 37.1 Å². The van der Waals surface area contributed by atoms with E-state index >= 15 is 0 Å². The summed E-state index contributed by atoms with van der Waals surface area (Å²) < 4.78 is 0. The van der Waals surface area contributed by atoms with E-state index < -0.39 is 0 Å². The molecule has 1 aromatic heterocycles. The fourth-order valence-electron chi connectivity index (χ4n) is 1.45. The molecule has 0 spiro atoms. The average Bonchev–Trinajstić information content (AvgIpc) is 2.63. The minimum absolute atomic E-state index is 0.224. The normalized spacial score (nSPS) is 15.4. The van der Waals surface area contributed by atoms with Gasteiger partial charge >= 0.3 is 0 Å². The molecule has 1 aliphatic carbocycles. The van der Waals surface area contributed by atoms with E-state index in [2.05, 4.69) is 10.3 Å². The third kappa shape index (κ3) is 2.19. The number of carbonyl (C=O) groups is 1. The SMILES string of the molecule is O=C1C=C(NCc2ccncc2)CC1. The second-order valence-corrected chi connectivity index (χ2v) is 3.34. The van der Waals surface area contributed by atoms with Crippen molar-refractivity contribution < 1.29 is 4.79 Å². The van der Waals surface area contributed by atoms with Crippen LogP contribution in [0.25, 0.3) is 0 Å². The lowest BCUT2D eigenvalue weighted by molar-refractivity contribution is -0.114. The third-order valence-corrected chi connectivity index (χ3v) is 2.24. The number of aromatic nitrogens is 1. The molecule has 14 heavy (non-hydrogen) atoms. The first kappa shape index (κ1) is 8.94. The number of hydrogen-bond acceptors (Lipinski definition) is 3. The summed E-state index contributed by atoms with van der Waals surface area (Å²) >= 11 is 0. The molecule has 0 bridgehead atoms. The summed E-state index contributed by atoms with van der Waals surface area (Å²) in [5.74, 6) is 0.224. The minimum atomic E-state index is 0.224. The smallest absolute Gasteiger partial charge is 0.157 e. The number of nitrogens with one attached hydrogen (secondary N) is 1. The zero-order valence-electron chi connectivity index (χ0n) is 7.86. The second kappa shape index (κ2) is 4.05. The summed E-state index contributed by atoms with van der Waals surface area (Å²) in [6.07, 6.45) is 6.74. The molecule has 3 heteroatoms. The molecule has 0 fully saturated rings. The summed E-state index contributed by atoms with van der Waals surface area (Å²) in [6.45, 7) is 0.766. The molecule has 2 rings (SSSR count). The summed E-state index contributed by atoms with van der Waals surface area (Å²) in [6, 6.07) is 3.93. The first-order chi connectivity index (χ1) is 6.84. The van der Waals surface area contributed by atoms with Crippen molar-refractivity contribution in [3.8, 4) is 0 Å². The van der Waals surface area contributed by atoms with Crippen molar-refractivity contribution in [2.24, 2.45) is 0 Å². The van der Waals surface area contributed by atoms with E-state index in [1.54, 1.807) is 18.5 Å². The van der Waals surface area contributed by atoms with Crippen molar-refractivity contribution >= 4 is 5.78 Å². The van der Waals surface area contributed by atoms with Gasteiger partial charge in [0.1, 0.15) is 0 Å². The van der Waals surface area contributed by atoms with Crippen LogP contribution in [0.15, 0.2) is 36.3 Å². The van der Waals surface area contributed by atoms with Crippen molar-refractivity contribution in [3.63, 3.8) is 0 Å². The summed E-state index contributed by atoms with van der Waals surface area (Å²) in [5.41, 5.74) is 2.23. The van der Waals surface area contributed by atoms with E-state index in [9.17, 15) is 4.79 Å². The van der Waals surface area contributed by atoms with Gasteiger partial charge in [0.05, 0.1) is 0 Å². The third-order valence-electron chi connectivity index (χ3n) is 2.24. The Labute approximate surface area is 82.9 Å². The fraction of sp³-hybridized carbons (Fsp3) is 0.273. The molecule has 3 nitrogen and oxygen atoms in total. The van der Waals surface area contributed by atoms with E-state index in [4.69, 9.17) is 0 Å². The first-order valence-corrected chi connectivity index (χ1v) is 4.71. The van der Waals surface area contributed by atoms with Gasteiger partial charge in [-0.25, -0.2) is 0 Å². The van der Waals surface area contributed by atoms with E-state index in [0.717, 1.165) is 18.7 Å². The van der Waals surface area contributed by atoms with Gasteiger partial charge in [-0.15, -0.1) is 0 Å². The number of hydrogen-bond donors (Lipinski definition) is 1. The number of carbonyl (C=O) groups excluding carboxylic acids is 1. The molecule has 0 atom stereocenters. The van der Waals surface area contributed by atoms with Crippen molar-refractivity contribution in [2.75, 3.05) is 0 Å². The van der Waals surface area contributed by atoms with Gasteiger partial charge in [0.25, 0.3) is 0 Å². The average molecular weight is 188 g/mol. The summed E-state index contributed by atoms with van der Waals surface area (Å²) in [7, 11) is 0. The molecule has 1 aromatic rings. The Morgan fingerprint density at radius 3 is 2.71 bits per heavy atom. The van der Waals surface area contributed by atoms with E-state index in [1.807, 2.05) is 12.1 Å². The maximum absolute atomic E-state index is 10.9. The molecule has 0 aliphatic heterocycles. The molecule has 1 aliphatic rings. The molecule has 0 aromatic carbocycles. The quantitative estimate of drug-likeness (QED) is 0.780. The van der Waals surface area contributed by atoms with Crippen LogP contribution in [0.2, 0.25) is 0 Å². The van der Waals surface area contributed by atoms with Gasteiger partial charge in [0.2, 0.25) is 0 Å². The standard InChI is InChI=1S/C11H12N2O/c14-11-2-1-10(7-11)13-8-9-3-5-12-6-4-9/h3-7,13H,1-2,8H2. The number of rotatable bonds is 3. The highest BCUT2D eigenvalue weighted by molar-refractivity contribution is 5.92. The number of allylic oxidation sites excluding steroid dienone is 2. The molecule has 0 radical (unpaired) electrons. The molecule has 0 saturated heterocycles. The molecule has 0 amide bonds. The van der Waals surface area contributed by atoms with Gasteiger partial charge < -0.3 is 5.32 Å². The zero-order chi connectivity index (χ0) is 9.80. The van der Waals surface area contributed by atoms with E-state index in [-0.39, 0.29) is 5.78 Å². The lowest BCUT2D eigenvalue weighted by atomic mass is 10.2. The van der Waals surface area contributed by atoms with E-state index in [1.165, 1.54) is 5.56 Å². The highest BCUT2D eigenvalue weighted by Gasteiger charge is 2.10. The van der Waals surface area contributed by atoms with Crippen LogP contribution in [-0.4, -0.2) is 10.8 Å². The van der Waals surface area contributed by atoms with Crippen LogP contribution in [-0.2, 0) is 11.3 Å². The van der Waals surface area contributed by atoms with Crippen LogP contribution in [0.1, 0.15) is 18.4 Å². The van der Waals surface area contributed by atoms with Crippen LogP contribution in [0.3, 0.4) is 0 Å². The van der Waals surface area contributed by atoms with Crippen LogP contribution >= 0.6 is 0 Å². The monoisotopic (exact) mass is 188 g/mol. The molecule has 1 heterocycles. The van der Waals surface area contributed by atoms with Crippen LogP contribution in [0, 0.1) is 0 Å². The fourth-order valence-corrected chi connectivity index (χ4v) is 1.45. The predicted octanol–water partition coefficient (Wildman–Crippen LogP) is 1.42. The lowest BCUT2D eigenvalue weighted by Gasteiger charge is -2.05. The highest BCUT2D eigenvalue weighted by atomic mass is 16.1. The van der Waals surface area contributed by atoms with Crippen molar-refractivity contribution in [3.05, 3.63) is 41.9 Å². The molecule has 0 unspecified atom stereocenters. The van der Waals surface area contributed by atoms with Gasteiger partial charge in [-0.3, -0.25) is 9.78 Å². The Hall–Kier alpha value is -1.64. The second-order valence-electron chi connectivity index (χ2n) is 3.34. The van der Waals surface area contributed by atoms with Crippen molar-refractivity contribution in [1.82, 2.24) is 10.3 Å². The highest BCUT2D eigenvalue weighted by Crippen LogP contribution is 2.12. The van der Waals surface area contributed by atoms with E-state index in [0.29, 0.717) is 6.42 Å². The Bertz CT molecular complexity index is 357. The van der Waals surface area contributed by atoms with Crippen LogP contribution < -0.4 is 5.32 Å². The molecule has 72 valence electrons. The Morgan fingerprint density at radius 1 is 1.29 bits per heavy atom. The maximum atomic E-state index is 10.9. The molecule has 1 N–H and O–H groups in total. The molecular formula is C11H12N2O. The number of ketones is 1. The minimum Gasteiger partial charge on any atom is -0.384 e. The maximum Gasteiger partial charge on any atom is 0.157 e. The van der Waals surface area contributed by atoms with Crippen LogP contribution in [0.4, 0.5) is 0 Å². The van der Waals surface area contributed by atoms with Gasteiger partial charge in [-0.1, -0.05) is 0 Å². The van der Waals surface area contributed by atoms with Crippen LogP contribution in [0.5, 0.6) is 0 Å². The molecular weight excluding hydrogens is 176 g/mol. The lowest BCUT2D eigenvalue weighted by Crippen LogP contribution is -2.10. The predicted molar refractivity (Wildman–Crippen MR) is 53.4 cm³/mol. The zero-order valence-corrected chi connectivity index (χ0v) is 7.86. The Kier molecular flexibility index (Phi) is 2.58. The number of nitrogens with zero attached hydrogens (tertiary/aromatic N) is 1. The largest absolute Gasteiger partial charge is 0.384 e. The van der Waals surface area contributed by atoms with Crippen molar-refractivity contribution in [1.29, 1.82) is 0 Å². The first-order valence-electron chi connectivity index (χ1n) is 4.71. The summed E-state index contributed by atoms with van der Waals surface area (Å²) in [4.78, 5) is 14.9. The Morgan fingerprint density at radius 2 is 2.07 bits per heavy atom. The van der Waals surface area contributed by atoms with Gasteiger partial charge in [0.15, 0.2) is 5.78 Å². The van der Waals surface area contributed by atoms with Gasteiger partial charge in [-0.05, 0) is 24.1 Å². The van der Waals surface area contributed by atoms with Gasteiger partial charge in [-0.2, -0.15) is 0 Å².